The summed E-state index contributed by atoms with van der Waals surface area (Å²) in [6.45, 7) is -0.0530. The highest BCUT2D eigenvalue weighted by Gasteiger charge is 2.40. The summed E-state index contributed by atoms with van der Waals surface area (Å²) in [4.78, 5) is -0.907. The van der Waals surface area contributed by atoms with Gasteiger partial charge in [-0.2, -0.15) is 25.3 Å². The van der Waals surface area contributed by atoms with Crippen LogP contribution in [0.4, 0.5) is 0 Å². The van der Waals surface area contributed by atoms with E-state index in [0.717, 1.165) is 12.1 Å². The second-order valence-electron chi connectivity index (χ2n) is 5.18. The molecule has 0 aliphatic carbocycles. The van der Waals surface area contributed by atoms with Gasteiger partial charge in [0.1, 0.15) is 14.7 Å². The van der Waals surface area contributed by atoms with Gasteiger partial charge in [-0.15, -0.1) is 3.63 Å². The van der Waals surface area contributed by atoms with Gasteiger partial charge in [-0.1, -0.05) is 18.2 Å². The van der Waals surface area contributed by atoms with Crippen LogP contribution in [0.3, 0.4) is 0 Å². The molecule has 126 valence electrons. The van der Waals surface area contributed by atoms with E-state index in [1.807, 2.05) is 0 Å². The van der Waals surface area contributed by atoms with Gasteiger partial charge >= 0.3 is 20.2 Å². The van der Waals surface area contributed by atoms with Crippen LogP contribution in [0.25, 0.3) is 11.1 Å². The van der Waals surface area contributed by atoms with Gasteiger partial charge in [0.05, 0.1) is 6.61 Å². The summed E-state index contributed by atoms with van der Waals surface area (Å²) < 4.78 is 79.4. The maximum Gasteiger partial charge on any atom is 0.313 e. The molecule has 11 heteroatoms. The van der Waals surface area contributed by atoms with Crippen LogP contribution >= 0.6 is 0 Å². The topological polar surface area (TPSA) is 121 Å². The molecule has 2 aliphatic rings. The lowest BCUT2D eigenvalue weighted by atomic mass is 10.0. The molecular weight excluding hydrogens is 380 g/mol. The molecular formula is C13H8O8S3. The smallest absolute Gasteiger partial charge is 0.261 e. The number of hydrogen-bond donors (Lipinski definition) is 0. The molecule has 4 rings (SSSR count). The quantitative estimate of drug-likeness (QED) is 0.663. The highest BCUT2D eigenvalue weighted by Crippen LogP contribution is 2.38. The van der Waals surface area contributed by atoms with Gasteiger partial charge in [0, 0.05) is 5.56 Å². The van der Waals surface area contributed by atoms with Crippen LogP contribution in [0.5, 0.6) is 0 Å². The van der Waals surface area contributed by atoms with Crippen molar-refractivity contribution in [3.63, 3.8) is 0 Å². The fourth-order valence-electron chi connectivity index (χ4n) is 2.57. The molecule has 2 aromatic rings. The molecule has 2 heterocycles. The lowest BCUT2D eigenvalue weighted by Gasteiger charge is -2.05. The summed E-state index contributed by atoms with van der Waals surface area (Å²) >= 11 is 0. The van der Waals surface area contributed by atoms with E-state index in [0.29, 0.717) is 16.7 Å². The minimum Gasteiger partial charge on any atom is -0.261 e. The summed E-state index contributed by atoms with van der Waals surface area (Å²) in [5.41, 5.74) is 1.24. The van der Waals surface area contributed by atoms with Crippen molar-refractivity contribution >= 4 is 30.4 Å². The Hall–Kier alpha value is -1.79. The van der Waals surface area contributed by atoms with E-state index in [2.05, 4.69) is 3.63 Å². The Morgan fingerprint density at radius 3 is 1.96 bits per heavy atom. The monoisotopic (exact) mass is 388 g/mol. The maximum atomic E-state index is 11.8. The standard InChI is InChI=1S/C13H8O8S3/c14-22(15)12-5-8(1-2-10(12)7-20-22)9-3-4-11-13(6-9)24(18,19)21-23(11,16)17/h1-6H,7H2. The molecule has 0 spiro atoms. The van der Waals surface area contributed by atoms with E-state index < -0.39 is 40.1 Å². The van der Waals surface area contributed by atoms with Crippen LogP contribution in [0.2, 0.25) is 0 Å². The molecule has 8 nitrogen and oxygen atoms in total. The first-order valence-corrected chi connectivity index (χ1v) is 10.7. The highest BCUT2D eigenvalue weighted by molar-refractivity contribution is 8.02. The molecule has 2 aliphatic heterocycles. The summed E-state index contributed by atoms with van der Waals surface area (Å²) in [5, 5.41) is 0. The Labute approximate surface area is 138 Å². The van der Waals surface area contributed by atoms with Crippen molar-refractivity contribution in [1.29, 1.82) is 0 Å². The lowest BCUT2D eigenvalue weighted by molar-refractivity contribution is 0.328. The molecule has 24 heavy (non-hydrogen) atoms. The zero-order valence-corrected chi connectivity index (χ0v) is 14.1. The van der Waals surface area contributed by atoms with Gasteiger partial charge in [0.2, 0.25) is 0 Å². The second kappa shape index (κ2) is 4.64. The van der Waals surface area contributed by atoms with Gasteiger partial charge in [-0.3, -0.25) is 4.18 Å². The van der Waals surface area contributed by atoms with Crippen molar-refractivity contribution in [3.05, 3.63) is 42.0 Å². The SMILES string of the molecule is O=S1(=O)OCc2ccc(-c3ccc4c(c3)S(=O)(=O)OS4(=O)=O)cc21. The van der Waals surface area contributed by atoms with Crippen LogP contribution in [0.1, 0.15) is 5.56 Å². The van der Waals surface area contributed by atoms with Gasteiger partial charge in [0.15, 0.2) is 0 Å². The molecule has 2 aromatic carbocycles. The van der Waals surface area contributed by atoms with Crippen molar-refractivity contribution in [2.45, 2.75) is 21.3 Å². The third-order valence-electron chi connectivity index (χ3n) is 3.70. The fourth-order valence-corrected chi connectivity index (χ4v) is 6.97. The average molecular weight is 388 g/mol. The number of fused-ring (bicyclic) bond motifs is 2. The molecule has 0 atom stereocenters. The first-order chi connectivity index (χ1) is 11.1. The molecule has 0 saturated heterocycles. The first kappa shape index (κ1) is 15.7. The molecule has 0 aromatic heterocycles. The van der Waals surface area contributed by atoms with E-state index in [-0.39, 0.29) is 11.5 Å². The van der Waals surface area contributed by atoms with Crippen LogP contribution in [0, 0.1) is 0 Å². The van der Waals surface area contributed by atoms with E-state index >= 15 is 0 Å². The highest BCUT2D eigenvalue weighted by atomic mass is 32.3. The lowest BCUT2D eigenvalue weighted by Crippen LogP contribution is -2.01. The first-order valence-electron chi connectivity index (χ1n) is 6.48. The normalized spacial score (nSPS) is 22.0. The van der Waals surface area contributed by atoms with Crippen LogP contribution in [-0.2, 0) is 44.8 Å². The third kappa shape index (κ3) is 2.20. The van der Waals surface area contributed by atoms with E-state index in [1.165, 1.54) is 12.1 Å². The molecule has 0 N–H and O–H groups in total. The van der Waals surface area contributed by atoms with Crippen molar-refractivity contribution in [2.75, 3.05) is 0 Å². The van der Waals surface area contributed by atoms with E-state index in [9.17, 15) is 25.3 Å². The predicted octanol–water partition coefficient (Wildman–Crippen LogP) is 0.980. The summed E-state index contributed by atoms with van der Waals surface area (Å²) in [5.74, 6) is 0. The number of hydrogen-bond acceptors (Lipinski definition) is 8. The maximum absolute atomic E-state index is 11.8. The van der Waals surface area contributed by atoms with Crippen LogP contribution in [-0.4, -0.2) is 25.3 Å². The average Bonchev–Trinajstić information content (AvgIpc) is 2.90. The Balaban J connectivity index is 1.93. The number of benzene rings is 2. The largest absolute Gasteiger partial charge is 0.313 e. The van der Waals surface area contributed by atoms with Gasteiger partial charge in [-0.05, 0) is 29.3 Å². The van der Waals surface area contributed by atoms with Crippen LogP contribution < -0.4 is 0 Å². The Bertz CT molecular complexity index is 1210. The van der Waals surface area contributed by atoms with Gasteiger partial charge in [0.25, 0.3) is 10.1 Å². The summed E-state index contributed by atoms with van der Waals surface area (Å²) in [6, 6.07) is 8.15. The minimum absolute atomic E-state index is 0.00669. The Kier molecular flexibility index (Phi) is 3.04. The molecule has 0 bridgehead atoms. The van der Waals surface area contributed by atoms with E-state index in [1.54, 1.807) is 12.1 Å². The van der Waals surface area contributed by atoms with Crippen LogP contribution in [0.15, 0.2) is 51.1 Å². The molecule has 0 fully saturated rings. The molecule has 0 amide bonds. The second-order valence-corrected chi connectivity index (χ2v) is 10.0. The van der Waals surface area contributed by atoms with Gasteiger partial charge < -0.3 is 0 Å². The molecule has 0 saturated carbocycles. The van der Waals surface area contributed by atoms with Gasteiger partial charge in [-0.25, -0.2) is 0 Å². The van der Waals surface area contributed by atoms with Crippen molar-refractivity contribution in [2.24, 2.45) is 0 Å². The summed E-state index contributed by atoms with van der Waals surface area (Å²) in [7, 11) is -12.6. The molecule has 0 unspecified atom stereocenters. The Morgan fingerprint density at radius 1 is 0.667 bits per heavy atom. The van der Waals surface area contributed by atoms with Crippen molar-refractivity contribution in [3.8, 4) is 11.1 Å². The predicted molar refractivity (Wildman–Crippen MR) is 79.3 cm³/mol. The summed E-state index contributed by atoms with van der Waals surface area (Å²) in [6.07, 6.45) is 0. The zero-order chi connectivity index (χ0) is 17.3. The Morgan fingerprint density at radius 2 is 1.25 bits per heavy atom. The zero-order valence-electron chi connectivity index (χ0n) is 11.7. The number of rotatable bonds is 1. The van der Waals surface area contributed by atoms with Crippen molar-refractivity contribution in [1.82, 2.24) is 0 Å². The molecule has 0 radical (unpaired) electrons. The van der Waals surface area contributed by atoms with Crippen molar-refractivity contribution < 1.29 is 33.1 Å². The minimum atomic E-state index is -4.41. The third-order valence-corrected chi connectivity index (χ3v) is 8.38. The fraction of sp³-hybridized carbons (Fsp3) is 0.0769. The van der Waals surface area contributed by atoms with E-state index in [4.69, 9.17) is 4.18 Å².